The Kier molecular flexibility index (Phi) is 5.58. The monoisotopic (exact) mass is 351 g/mol. The van der Waals surface area contributed by atoms with E-state index in [0.717, 1.165) is 16.8 Å². The van der Waals surface area contributed by atoms with Crippen LogP contribution in [0.1, 0.15) is 17.9 Å². The molecule has 1 aromatic carbocycles. The number of pyridine rings is 1. The van der Waals surface area contributed by atoms with Crippen molar-refractivity contribution in [1.29, 1.82) is 0 Å². The molecular weight excluding hydrogens is 330 g/mol. The number of hydrogen-bond acceptors (Lipinski definition) is 6. The van der Waals surface area contributed by atoms with Crippen LogP contribution in [-0.4, -0.2) is 35.1 Å². The van der Waals surface area contributed by atoms with Gasteiger partial charge in [-0.05, 0) is 29.8 Å². The zero-order valence-corrected chi connectivity index (χ0v) is 14.8. The molecule has 0 radical (unpaired) electrons. The van der Waals surface area contributed by atoms with E-state index in [2.05, 4.69) is 20.4 Å². The molecule has 134 valence electrons. The van der Waals surface area contributed by atoms with Crippen molar-refractivity contribution in [3.63, 3.8) is 0 Å². The fourth-order valence-electron chi connectivity index (χ4n) is 2.39. The van der Waals surface area contributed by atoms with Crippen molar-refractivity contribution in [3.05, 3.63) is 60.2 Å². The van der Waals surface area contributed by atoms with E-state index in [0.29, 0.717) is 31.1 Å². The molecule has 0 bridgehead atoms. The summed E-state index contributed by atoms with van der Waals surface area (Å²) in [6.45, 7) is 0.497. The fraction of sp³-hybridized carbons (Fsp3) is 0.263. The lowest BCUT2D eigenvalue weighted by molar-refractivity contribution is -0.121. The van der Waals surface area contributed by atoms with Crippen molar-refractivity contribution in [3.8, 4) is 11.4 Å². The maximum Gasteiger partial charge on any atom is 0.227 e. The molecule has 7 nitrogen and oxygen atoms in total. The second-order valence-electron chi connectivity index (χ2n) is 6.09. The molecule has 3 rings (SSSR count). The molecule has 1 N–H and O–H groups in total. The molecule has 0 fully saturated rings. The zero-order valence-electron chi connectivity index (χ0n) is 14.8. The SMILES string of the molecule is CN(C)c1ccc(CNC(=O)CCc2nc(-c3cccnc3)no2)cc1. The second-order valence-corrected chi connectivity index (χ2v) is 6.09. The molecule has 2 aromatic heterocycles. The lowest BCUT2D eigenvalue weighted by Gasteiger charge is -2.12. The number of nitrogens with one attached hydrogen (secondary N) is 1. The molecular formula is C19H21N5O2. The van der Waals surface area contributed by atoms with Gasteiger partial charge in [0.05, 0.1) is 0 Å². The first-order valence-corrected chi connectivity index (χ1v) is 8.38. The Balaban J connectivity index is 1.46. The van der Waals surface area contributed by atoms with E-state index in [-0.39, 0.29) is 5.91 Å². The van der Waals surface area contributed by atoms with Crippen molar-refractivity contribution in [2.45, 2.75) is 19.4 Å². The summed E-state index contributed by atoms with van der Waals surface area (Å²) in [5, 5.41) is 6.82. The molecule has 0 saturated carbocycles. The predicted molar refractivity (Wildman–Crippen MR) is 98.5 cm³/mol. The third-order valence-electron chi connectivity index (χ3n) is 3.90. The molecule has 0 aliphatic carbocycles. The van der Waals surface area contributed by atoms with Gasteiger partial charge < -0.3 is 14.7 Å². The summed E-state index contributed by atoms with van der Waals surface area (Å²) in [6.07, 6.45) is 4.05. The van der Waals surface area contributed by atoms with Crippen LogP contribution in [-0.2, 0) is 17.8 Å². The third kappa shape index (κ3) is 4.66. The third-order valence-corrected chi connectivity index (χ3v) is 3.90. The number of nitrogens with zero attached hydrogens (tertiary/aromatic N) is 4. The summed E-state index contributed by atoms with van der Waals surface area (Å²) in [5.74, 6) is 0.867. The largest absolute Gasteiger partial charge is 0.378 e. The van der Waals surface area contributed by atoms with Gasteiger partial charge in [0.15, 0.2) is 0 Å². The van der Waals surface area contributed by atoms with Crippen molar-refractivity contribution in [2.75, 3.05) is 19.0 Å². The van der Waals surface area contributed by atoms with Gasteiger partial charge in [-0.1, -0.05) is 17.3 Å². The summed E-state index contributed by atoms with van der Waals surface area (Å²) in [7, 11) is 3.99. The normalized spacial score (nSPS) is 10.5. The second kappa shape index (κ2) is 8.24. The minimum Gasteiger partial charge on any atom is -0.378 e. The van der Waals surface area contributed by atoms with E-state index in [1.165, 1.54) is 0 Å². The predicted octanol–water partition coefficient (Wildman–Crippen LogP) is 2.45. The summed E-state index contributed by atoms with van der Waals surface area (Å²) in [4.78, 5) is 22.4. The topological polar surface area (TPSA) is 84.2 Å². The highest BCUT2D eigenvalue weighted by atomic mass is 16.5. The standard InChI is InChI=1S/C19H21N5O2/c1-24(2)16-7-5-14(6-8-16)12-21-17(25)9-10-18-22-19(23-26-18)15-4-3-11-20-13-15/h3-8,11,13H,9-10,12H2,1-2H3,(H,21,25). The summed E-state index contributed by atoms with van der Waals surface area (Å²) in [6, 6.07) is 11.7. The van der Waals surface area contributed by atoms with Gasteiger partial charge >= 0.3 is 0 Å². The van der Waals surface area contributed by atoms with Gasteiger partial charge in [-0.2, -0.15) is 4.98 Å². The average molecular weight is 351 g/mol. The number of anilines is 1. The summed E-state index contributed by atoms with van der Waals surface area (Å²) < 4.78 is 5.19. The molecule has 0 spiro atoms. The van der Waals surface area contributed by atoms with E-state index < -0.39 is 0 Å². The van der Waals surface area contributed by atoms with Gasteiger partial charge in [0.25, 0.3) is 0 Å². The zero-order chi connectivity index (χ0) is 18.4. The minimum absolute atomic E-state index is 0.0530. The highest BCUT2D eigenvalue weighted by Crippen LogP contribution is 2.14. The Hall–Kier alpha value is -3.22. The number of rotatable bonds is 7. The molecule has 0 unspecified atom stereocenters. The molecule has 0 atom stereocenters. The Morgan fingerprint density at radius 1 is 1.19 bits per heavy atom. The Morgan fingerprint density at radius 3 is 2.69 bits per heavy atom. The van der Waals surface area contributed by atoms with Crippen LogP contribution in [0.2, 0.25) is 0 Å². The number of carbonyl (C=O) groups excluding carboxylic acids is 1. The van der Waals surface area contributed by atoms with Gasteiger partial charge in [0.1, 0.15) is 0 Å². The quantitative estimate of drug-likeness (QED) is 0.704. The lowest BCUT2D eigenvalue weighted by Crippen LogP contribution is -2.23. The molecule has 3 aromatic rings. The number of aryl methyl sites for hydroxylation is 1. The molecule has 2 heterocycles. The maximum atomic E-state index is 12.0. The van der Waals surface area contributed by atoms with Crippen LogP contribution in [0.25, 0.3) is 11.4 Å². The van der Waals surface area contributed by atoms with Gasteiger partial charge in [-0.3, -0.25) is 9.78 Å². The van der Waals surface area contributed by atoms with Crippen LogP contribution >= 0.6 is 0 Å². The molecule has 26 heavy (non-hydrogen) atoms. The van der Waals surface area contributed by atoms with Crippen LogP contribution < -0.4 is 10.2 Å². The van der Waals surface area contributed by atoms with Crippen LogP contribution in [0, 0.1) is 0 Å². The molecule has 0 saturated heterocycles. The number of carbonyl (C=O) groups is 1. The van der Waals surface area contributed by atoms with Crippen molar-refractivity contribution < 1.29 is 9.32 Å². The molecule has 7 heteroatoms. The summed E-state index contributed by atoms with van der Waals surface area (Å²) >= 11 is 0. The Morgan fingerprint density at radius 2 is 2.00 bits per heavy atom. The van der Waals surface area contributed by atoms with Crippen LogP contribution in [0.3, 0.4) is 0 Å². The van der Waals surface area contributed by atoms with Gasteiger partial charge in [0, 0.05) is 57.1 Å². The highest BCUT2D eigenvalue weighted by molar-refractivity contribution is 5.76. The maximum absolute atomic E-state index is 12.0. The highest BCUT2D eigenvalue weighted by Gasteiger charge is 2.10. The first kappa shape index (κ1) is 17.6. The summed E-state index contributed by atoms with van der Waals surface area (Å²) in [5.41, 5.74) is 2.97. The molecule has 1 amide bonds. The van der Waals surface area contributed by atoms with E-state index in [4.69, 9.17) is 4.52 Å². The first-order valence-electron chi connectivity index (χ1n) is 8.38. The Bertz CT molecular complexity index is 844. The number of amides is 1. The first-order chi connectivity index (χ1) is 12.6. The van der Waals surface area contributed by atoms with E-state index in [9.17, 15) is 4.79 Å². The van der Waals surface area contributed by atoms with E-state index in [1.807, 2.05) is 55.4 Å². The van der Waals surface area contributed by atoms with E-state index >= 15 is 0 Å². The molecule has 0 aliphatic rings. The number of benzene rings is 1. The van der Waals surface area contributed by atoms with Crippen LogP contribution in [0.4, 0.5) is 5.69 Å². The van der Waals surface area contributed by atoms with Crippen molar-refractivity contribution >= 4 is 11.6 Å². The van der Waals surface area contributed by atoms with Crippen LogP contribution in [0.5, 0.6) is 0 Å². The fourth-order valence-corrected chi connectivity index (χ4v) is 2.39. The molecule has 0 aliphatic heterocycles. The minimum atomic E-state index is -0.0530. The Labute approximate surface area is 152 Å². The van der Waals surface area contributed by atoms with E-state index in [1.54, 1.807) is 12.4 Å². The smallest absolute Gasteiger partial charge is 0.227 e. The van der Waals surface area contributed by atoms with Crippen molar-refractivity contribution in [1.82, 2.24) is 20.4 Å². The van der Waals surface area contributed by atoms with Gasteiger partial charge in [-0.15, -0.1) is 0 Å². The van der Waals surface area contributed by atoms with Crippen molar-refractivity contribution in [2.24, 2.45) is 0 Å². The van der Waals surface area contributed by atoms with Gasteiger partial charge in [0.2, 0.25) is 17.6 Å². The average Bonchev–Trinajstić information content (AvgIpc) is 3.15. The van der Waals surface area contributed by atoms with Gasteiger partial charge in [-0.25, -0.2) is 0 Å². The number of aromatic nitrogens is 3. The lowest BCUT2D eigenvalue weighted by atomic mass is 10.2. The van der Waals surface area contributed by atoms with Crippen LogP contribution in [0.15, 0.2) is 53.3 Å². The number of hydrogen-bond donors (Lipinski definition) is 1.